The molecule has 0 aliphatic heterocycles. The number of hydrogen-bond donors (Lipinski definition) is 0. The van der Waals surface area contributed by atoms with Gasteiger partial charge in [-0.2, -0.15) is 10.4 Å². The van der Waals surface area contributed by atoms with Crippen molar-refractivity contribution >= 4 is 50.5 Å². The molecule has 0 atom stereocenters. The molecule has 1 heterocycles. The first-order valence-electron chi connectivity index (χ1n) is 9.85. The van der Waals surface area contributed by atoms with Gasteiger partial charge in [-0.05, 0) is 90.9 Å². The summed E-state index contributed by atoms with van der Waals surface area (Å²) in [6.07, 6.45) is 1.54. The van der Waals surface area contributed by atoms with Crippen LogP contribution in [0.5, 0.6) is 11.5 Å². The van der Waals surface area contributed by atoms with E-state index in [0.29, 0.717) is 41.7 Å². The van der Waals surface area contributed by atoms with Gasteiger partial charge < -0.3 is 9.47 Å². The minimum atomic E-state index is -0.471. The van der Waals surface area contributed by atoms with E-state index >= 15 is 0 Å². The van der Waals surface area contributed by atoms with Gasteiger partial charge in [-0.25, -0.2) is 4.68 Å². The molecule has 8 heteroatoms. The fraction of sp³-hybridized carbons (Fsp3) is 0.208. The van der Waals surface area contributed by atoms with Gasteiger partial charge >= 0.3 is 0 Å². The molecular weight excluding hydrogens is 585 g/mol. The second kappa shape index (κ2) is 10.8. The Labute approximate surface area is 209 Å². The molecule has 0 radical (unpaired) electrons. The van der Waals surface area contributed by atoms with E-state index in [1.54, 1.807) is 32.1 Å². The van der Waals surface area contributed by atoms with Crippen molar-refractivity contribution in [1.82, 2.24) is 9.78 Å². The zero-order valence-corrected chi connectivity index (χ0v) is 21.6. The van der Waals surface area contributed by atoms with Crippen LogP contribution in [0.25, 0.3) is 6.08 Å². The maximum atomic E-state index is 12.8. The predicted molar refractivity (Wildman–Crippen MR) is 135 cm³/mol. The van der Waals surface area contributed by atoms with Crippen LogP contribution in [0.2, 0.25) is 0 Å². The topological polar surface area (TPSA) is 77.1 Å². The Morgan fingerprint density at radius 3 is 2.53 bits per heavy atom. The summed E-state index contributed by atoms with van der Waals surface area (Å²) in [7, 11) is 0. The molecule has 3 aromatic rings. The molecule has 0 saturated heterocycles. The normalized spacial score (nSPS) is 11.2. The number of hydrogen-bond acceptors (Lipinski definition) is 5. The van der Waals surface area contributed by atoms with Gasteiger partial charge in [0.25, 0.3) is 5.91 Å². The zero-order valence-electron chi connectivity index (χ0n) is 17.9. The summed E-state index contributed by atoms with van der Waals surface area (Å²) < 4.78 is 14.9. The van der Waals surface area contributed by atoms with Crippen LogP contribution in [-0.4, -0.2) is 22.3 Å². The fourth-order valence-corrected chi connectivity index (χ4v) is 4.11. The lowest BCUT2D eigenvalue weighted by atomic mass is 10.1. The lowest BCUT2D eigenvalue weighted by Gasteiger charge is -2.15. The van der Waals surface area contributed by atoms with Crippen molar-refractivity contribution in [3.05, 3.63) is 78.6 Å². The van der Waals surface area contributed by atoms with Crippen molar-refractivity contribution in [3.63, 3.8) is 0 Å². The minimum absolute atomic E-state index is 0.0158. The molecule has 164 valence electrons. The van der Waals surface area contributed by atoms with Crippen LogP contribution in [0.3, 0.4) is 0 Å². The number of carbonyl (C=O) groups excluding carboxylic acids is 1. The van der Waals surface area contributed by atoms with E-state index in [0.717, 1.165) is 13.6 Å². The number of halogens is 2. The highest BCUT2D eigenvalue weighted by Crippen LogP contribution is 2.35. The van der Waals surface area contributed by atoms with Gasteiger partial charge in [0.15, 0.2) is 11.5 Å². The third-order valence-electron chi connectivity index (χ3n) is 4.49. The van der Waals surface area contributed by atoms with E-state index in [1.807, 2.05) is 43.3 Å². The monoisotopic (exact) mass is 605 g/mol. The minimum Gasteiger partial charge on any atom is -0.490 e. The summed E-state index contributed by atoms with van der Waals surface area (Å²) in [5.41, 5.74) is 3.07. The van der Waals surface area contributed by atoms with E-state index in [4.69, 9.17) is 9.47 Å². The number of aromatic nitrogens is 2. The maximum Gasteiger partial charge on any atom is 0.289 e. The van der Waals surface area contributed by atoms with Gasteiger partial charge in [-0.1, -0.05) is 28.1 Å². The highest BCUT2D eigenvalue weighted by molar-refractivity contribution is 14.1. The molecule has 6 nitrogen and oxygen atoms in total. The number of nitrogens with zero attached hydrogens (tertiary/aromatic N) is 3. The quantitative estimate of drug-likeness (QED) is 0.185. The number of benzene rings is 2. The number of rotatable bonds is 7. The molecule has 1 aromatic heterocycles. The average Bonchev–Trinajstić information content (AvgIpc) is 3.10. The molecule has 0 fully saturated rings. The number of nitriles is 1. The van der Waals surface area contributed by atoms with E-state index in [1.165, 1.54) is 4.68 Å². The first-order valence-corrected chi connectivity index (χ1v) is 11.7. The summed E-state index contributed by atoms with van der Waals surface area (Å²) in [6, 6.07) is 15.3. The average molecular weight is 606 g/mol. The van der Waals surface area contributed by atoms with Gasteiger partial charge in [0.05, 0.1) is 15.9 Å². The molecule has 0 bridgehead atoms. The Kier molecular flexibility index (Phi) is 8.10. The van der Waals surface area contributed by atoms with Crippen molar-refractivity contribution in [2.45, 2.75) is 27.4 Å². The molecule has 0 saturated carbocycles. The number of aryl methyl sites for hydroxylation is 2. The Morgan fingerprint density at radius 1 is 1.22 bits per heavy atom. The lowest BCUT2D eigenvalue weighted by molar-refractivity contribution is 0.0943. The van der Waals surface area contributed by atoms with Crippen LogP contribution < -0.4 is 9.47 Å². The van der Waals surface area contributed by atoms with Crippen LogP contribution in [0.1, 0.15) is 34.2 Å². The molecule has 32 heavy (non-hydrogen) atoms. The summed E-state index contributed by atoms with van der Waals surface area (Å²) in [6.45, 7) is 6.31. The molecule has 0 spiro atoms. The van der Waals surface area contributed by atoms with Gasteiger partial charge in [-0.15, -0.1) is 0 Å². The SMILES string of the molecule is CCOc1cc(/C=C(\C#N)C(=O)n2nc(C)cc2C)cc(I)c1OCc1ccc(Br)cc1. The molecule has 0 amide bonds. The van der Waals surface area contributed by atoms with E-state index in [9.17, 15) is 10.1 Å². The largest absolute Gasteiger partial charge is 0.490 e. The van der Waals surface area contributed by atoms with Crippen molar-refractivity contribution in [2.75, 3.05) is 6.61 Å². The van der Waals surface area contributed by atoms with Crippen molar-refractivity contribution in [1.29, 1.82) is 5.26 Å². The standard InChI is InChI=1S/C24H21BrIN3O3/c1-4-31-22-12-18(10-19(13-27)24(30)29-16(3)9-15(2)28-29)11-21(26)23(22)32-14-17-5-7-20(25)8-6-17/h5-12H,4,14H2,1-3H3/b19-10+. The second-order valence-electron chi connectivity index (χ2n) is 6.99. The Morgan fingerprint density at radius 2 is 1.94 bits per heavy atom. The molecule has 3 rings (SSSR count). The Bertz CT molecular complexity index is 1210. The van der Waals surface area contributed by atoms with Crippen LogP contribution in [0, 0.1) is 28.7 Å². The van der Waals surface area contributed by atoms with E-state index < -0.39 is 5.91 Å². The molecule has 0 aliphatic rings. The van der Waals surface area contributed by atoms with Gasteiger partial charge in [-0.3, -0.25) is 4.79 Å². The number of ether oxygens (including phenoxy) is 2. The zero-order chi connectivity index (χ0) is 23.3. The van der Waals surface area contributed by atoms with Crippen molar-refractivity contribution in [3.8, 4) is 17.6 Å². The Balaban J connectivity index is 1.91. The highest BCUT2D eigenvalue weighted by atomic mass is 127. The molecule has 0 unspecified atom stereocenters. The summed E-state index contributed by atoms with van der Waals surface area (Å²) in [5.74, 6) is 0.705. The smallest absolute Gasteiger partial charge is 0.289 e. The van der Waals surface area contributed by atoms with Gasteiger partial charge in [0, 0.05) is 10.2 Å². The van der Waals surface area contributed by atoms with Gasteiger partial charge in [0.2, 0.25) is 0 Å². The molecular formula is C24H21BrIN3O3. The first kappa shape index (κ1) is 24.0. The predicted octanol–water partition coefficient (Wildman–Crippen LogP) is 6.09. The fourth-order valence-electron chi connectivity index (χ4n) is 3.07. The number of carbonyl (C=O) groups is 1. The van der Waals surface area contributed by atoms with Crippen LogP contribution in [-0.2, 0) is 6.61 Å². The van der Waals surface area contributed by atoms with Crippen LogP contribution in [0.15, 0.2) is 52.5 Å². The lowest BCUT2D eigenvalue weighted by Crippen LogP contribution is -2.15. The molecule has 2 aromatic carbocycles. The maximum absolute atomic E-state index is 12.8. The van der Waals surface area contributed by atoms with Crippen LogP contribution in [0.4, 0.5) is 0 Å². The molecule has 0 aliphatic carbocycles. The third kappa shape index (κ3) is 5.78. The first-order chi connectivity index (χ1) is 15.3. The Hall–Kier alpha value is -2.64. The van der Waals surface area contributed by atoms with Crippen LogP contribution >= 0.6 is 38.5 Å². The highest BCUT2D eigenvalue weighted by Gasteiger charge is 2.17. The summed E-state index contributed by atoms with van der Waals surface area (Å²) in [4.78, 5) is 12.8. The molecule has 0 N–H and O–H groups in total. The van der Waals surface area contributed by atoms with Crippen molar-refractivity contribution in [2.24, 2.45) is 0 Å². The second-order valence-corrected chi connectivity index (χ2v) is 9.07. The third-order valence-corrected chi connectivity index (χ3v) is 5.82. The summed E-state index contributed by atoms with van der Waals surface area (Å²) in [5, 5.41) is 13.8. The van der Waals surface area contributed by atoms with E-state index in [2.05, 4.69) is 43.6 Å². The van der Waals surface area contributed by atoms with Crippen molar-refractivity contribution < 1.29 is 14.3 Å². The number of allylic oxidation sites excluding steroid dienone is 1. The van der Waals surface area contributed by atoms with Gasteiger partial charge in [0.1, 0.15) is 18.2 Å². The summed E-state index contributed by atoms with van der Waals surface area (Å²) >= 11 is 5.60. The van der Waals surface area contributed by atoms with E-state index in [-0.39, 0.29) is 5.57 Å².